The predicted octanol–water partition coefficient (Wildman–Crippen LogP) is 1.74. The van der Waals surface area contributed by atoms with Crippen molar-refractivity contribution >= 4 is 11.9 Å². The lowest BCUT2D eigenvalue weighted by atomic mass is 9.80. The Bertz CT molecular complexity index is 509. The van der Waals surface area contributed by atoms with E-state index >= 15 is 0 Å². The number of aliphatic imine (C=N–C) groups is 1. The van der Waals surface area contributed by atoms with Crippen LogP contribution in [0.3, 0.4) is 0 Å². The van der Waals surface area contributed by atoms with Crippen LogP contribution in [-0.2, 0) is 9.53 Å². The van der Waals surface area contributed by atoms with Crippen molar-refractivity contribution in [3.8, 4) is 0 Å². The lowest BCUT2D eigenvalue weighted by molar-refractivity contribution is -0.128. The average molecular weight is 396 g/mol. The van der Waals surface area contributed by atoms with Gasteiger partial charge in [0.1, 0.15) is 0 Å². The Morgan fingerprint density at radius 3 is 2.29 bits per heavy atom. The number of morpholine rings is 1. The van der Waals surface area contributed by atoms with E-state index in [1.54, 1.807) is 0 Å². The van der Waals surface area contributed by atoms with E-state index in [-0.39, 0.29) is 11.4 Å². The molecule has 0 atom stereocenters. The minimum atomic E-state index is -0.523. The first-order chi connectivity index (χ1) is 13.4. The van der Waals surface area contributed by atoms with Crippen molar-refractivity contribution in [2.45, 2.75) is 65.3 Å². The van der Waals surface area contributed by atoms with Crippen LogP contribution in [0, 0.1) is 5.41 Å². The van der Waals surface area contributed by atoms with E-state index in [4.69, 9.17) is 9.73 Å². The first kappa shape index (κ1) is 22.9. The highest BCUT2D eigenvalue weighted by Gasteiger charge is 2.38. The fraction of sp³-hybridized carbons (Fsp3) is 0.905. The minimum absolute atomic E-state index is 0.0478. The molecule has 28 heavy (non-hydrogen) atoms. The Hall–Kier alpha value is -1.34. The molecule has 1 amide bonds. The third-order valence-corrected chi connectivity index (χ3v) is 5.98. The summed E-state index contributed by atoms with van der Waals surface area (Å²) >= 11 is 0. The van der Waals surface area contributed by atoms with Gasteiger partial charge in [0.25, 0.3) is 0 Å². The predicted molar refractivity (Wildman–Crippen MR) is 115 cm³/mol. The van der Waals surface area contributed by atoms with Gasteiger partial charge >= 0.3 is 0 Å². The summed E-state index contributed by atoms with van der Waals surface area (Å²) in [6.07, 6.45) is 6.36. The molecule has 1 aliphatic carbocycles. The zero-order valence-corrected chi connectivity index (χ0v) is 18.4. The minimum Gasteiger partial charge on any atom is -0.379 e. The molecule has 7 heteroatoms. The highest BCUT2D eigenvalue weighted by atomic mass is 16.5. The second-order valence-corrected chi connectivity index (χ2v) is 8.68. The van der Waals surface area contributed by atoms with Gasteiger partial charge in [-0.3, -0.25) is 14.7 Å². The van der Waals surface area contributed by atoms with Crippen molar-refractivity contribution < 1.29 is 9.53 Å². The molecule has 0 unspecified atom stereocenters. The van der Waals surface area contributed by atoms with Crippen LogP contribution < -0.4 is 16.0 Å². The quantitative estimate of drug-likeness (QED) is 0.431. The van der Waals surface area contributed by atoms with Gasteiger partial charge in [-0.05, 0) is 40.5 Å². The summed E-state index contributed by atoms with van der Waals surface area (Å²) in [4.78, 5) is 19.6. The van der Waals surface area contributed by atoms with E-state index in [1.165, 1.54) is 32.1 Å². The number of guanidine groups is 1. The van der Waals surface area contributed by atoms with Gasteiger partial charge in [-0.2, -0.15) is 0 Å². The van der Waals surface area contributed by atoms with Gasteiger partial charge in [-0.25, -0.2) is 0 Å². The molecule has 0 spiro atoms. The molecule has 2 rings (SSSR count). The van der Waals surface area contributed by atoms with Crippen LogP contribution in [0.15, 0.2) is 4.99 Å². The van der Waals surface area contributed by atoms with Crippen molar-refractivity contribution in [2.75, 3.05) is 52.5 Å². The van der Waals surface area contributed by atoms with Crippen molar-refractivity contribution in [1.82, 2.24) is 20.9 Å². The first-order valence-electron chi connectivity index (χ1n) is 11.1. The molecule has 7 nitrogen and oxygen atoms in total. The fourth-order valence-electron chi connectivity index (χ4n) is 4.19. The monoisotopic (exact) mass is 395 g/mol. The van der Waals surface area contributed by atoms with Gasteiger partial charge in [0, 0.05) is 38.3 Å². The largest absolute Gasteiger partial charge is 0.379 e. The Labute approximate surface area is 171 Å². The fourth-order valence-corrected chi connectivity index (χ4v) is 4.19. The van der Waals surface area contributed by atoms with Crippen molar-refractivity contribution in [3.63, 3.8) is 0 Å². The second-order valence-electron chi connectivity index (χ2n) is 8.68. The molecule has 3 N–H and O–H groups in total. The molecule has 0 radical (unpaired) electrons. The van der Waals surface area contributed by atoms with Gasteiger partial charge in [0.2, 0.25) is 5.91 Å². The van der Waals surface area contributed by atoms with Gasteiger partial charge in [0.15, 0.2) is 5.96 Å². The maximum absolute atomic E-state index is 12.3. The Balaban J connectivity index is 2.03. The van der Waals surface area contributed by atoms with Gasteiger partial charge in [-0.1, -0.05) is 19.3 Å². The first-order valence-corrected chi connectivity index (χ1v) is 11.1. The summed E-state index contributed by atoms with van der Waals surface area (Å²) in [6.45, 7) is 14.4. The summed E-state index contributed by atoms with van der Waals surface area (Å²) in [5, 5.41) is 9.85. The summed E-state index contributed by atoms with van der Waals surface area (Å²) in [6, 6.07) is 0. The van der Waals surface area contributed by atoms with Crippen molar-refractivity contribution in [3.05, 3.63) is 0 Å². The molecule has 1 saturated heterocycles. The molecular formula is C21H41N5O2. The molecule has 2 aliphatic rings. The number of nitrogens with one attached hydrogen (secondary N) is 3. The van der Waals surface area contributed by atoms with Crippen LogP contribution >= 0.6 is 0 Å². The van der Waals surface area contributed by atoms with Crippen LogP contribution in [0.25, 0.3) is 0 Å². The number of ether oxygens (including phenoxy) is 1. The van der Waals surface area contributed by atoms with Crippen molar-refractivity contribution in [2.24, 2.45) is 10.4 Å². The molecule has 2 fully saturated rings. The molecular weight excluding hydrogens is 354 g/mol. The zero-order valence-electron chi connectivity index (χ0n) is 18.4. The van der Waals surface area contributed by atoms with Crippen molar-refractivity contribution in [1.29, 1.82) is 0 Å². The van der Waals surface area contributed by atoms with E-state index in [9.17, 15) is 4.79 Å². The molecule has 0 aromatic rings. The van der Waals surface area contributed by atoms with Gasteiger partial charge < -0.3 is 20.7 Å². The smallest absolute Gasteiger partial charge is 0.227 e. The maximum atomic E-state index is 12.3. The number of hydrogen-bond acceptors (Lipinski definition) is 4. The Morgan fingerprint density at radius 1 is 1.04 bits per heavy atom. The molecule has 0 aromatic carbocycles. The Kier molecular flexibility index (Phi) is 9.02. The van der Waals surface area contributed by atoms with Crippen LogP contribution in [0.4, 0.5) is 0 Å². The normalized spacial score (nSPS) is 21.2. The van der Waals surface area contributed by atoms with Gasteiger partial charge in [0.05, 0.1) is 25.2 Å². The van der Waals surface area contributed by atoms with E-state index < -0.39 is 5.41 Å². The topological polar surface area (TPSA) is 78.0 Å². The van der Waals surface area contributed by atoms with E-state index in [2.05, 4.69) is 27.8 Å². The van der Waals surface area contributed by atoms with Crippen LogP contribution in [0.5, 0.6) is 0 Å². The molecule has 1 aliphatic heterocycles. The number of hydrogen-bond donors (Lipinski definition) is 3. The maximum Gasteiger partial charge on any atom is 0.227 e. The highest BCUT2D eigenvalue weighted by Crippen LogP contribution is 2.33. The summed E-state index contributed by atoms with van der Waals surface area (Å²) in [5.74, 6) is 0.852. The number of rotatable bonds is 8. The SMILES string of the molecule is CCNC(=O)C(C)(C)CN=C(NCC)NCC1(N2CCOCC2)CCCCC1. The summed E-state index contributed by atoms with van der Waals surface area (Å²) in [5.41, 5.74) is -0.335. The number of carbonyl (C=O) groups excluding carboxylic acids is 1. The highest BCUT2D eigenvalue weighted by molar-refractivity contribution is 5.83. The lowest BCUT2D eigenvalue weighted by Gasteiger charge is -2.48. The Morgan fingerprint density at radius 2 is 1.68 bits per heavy atom. The molecule has 0 aromatic heterocycles. The van der Waals surface area contributed by atoms with E-state index in [0.29, 0.717) is 13.1 Å². The molecule has 162 valence electrons. The number of nitrogens with zero attached hydrogens (tertiary/aromatic N) is 2. The number of amides is 1. The second kappa shape index (κ2) is 11.0. The molecule has 1 saturated carbocycles. The summed E-state index contributed by atoms with van der Waals surface area (Å²) in [7, 11) is 0. The standard InChI is InChI=1S/C21H41N5O2/c1-5-22-18(27)20(3,4)16-24-19(23-6-2)25-17-21(10-8-7-9-11-21)26-12-14-28-15-13-26/h5-17H2,1-4H3,(H,22,27)(H2,23,24,25). The van der Waals surface area contributed by atoms with Crippen LogP contribution in [0.2, 0.25) is 0 Å². The average Bonchev–Trinajstić information content (AvgIpc) is 2.71. The van der Waals surface area contributed by atoms with E-state index in [1.807, 2.05) is 20.8 Å². The van der Waals surface area contributed by atoms with Gasteiger partial charge in [-0.15, -0.1) is 0 Å². The lowest BCUT2D eigenvalue weighted by Crippen LogP contribution is -2.60. The third kappa shape index (κ3) is 6.34. The van der Waals surface area contributed by atoms with E-state index in [0.717, 1.165) is 45.4 Å². The molecule has 0 bridgehead atoms. The summed E-state index contributed by atoms with van der Waals surface area (Å²) < 4.78 is 5.58. The third-order valence-electron chi connectivity index (χ3n) is 5.98. The van der Waals surface area contributed by atoms with Crippen LogP contribution in [-0.4, -0.2) is 74.8 Å². The van der Waals surface area contributed by atoms with Crippen LogP contribution in [0.1, 0.15) is 59.8 Å². The number of carbonyl (C=O) groups is 1. The zero-order chi connectivity index (χ0) is 20.5. The molecule has 1 heterocycles.